The Balaban J connectivity index is 1.99. The largest absolute Gasteiger partial charge is 0.320 e. The molecule has 2 N–H and O–H groups in total. The molecule has 0 saturated heterocycles. The lowest BCUT2D eigenvalue weighted by atomic mass is 10.1. The van der Waals surface area contributed by atoms with E-state index in [9.17, 15) is 19.3 Å². The number of rotatable bonds is 3. The molecule has 0 fully saturated rings. The van der Waals surface area contributed by atoms with E-state index in [1.807, 2.05) is 0 Å². The molecule has 3 rings (SSSR count). The number of non-ortho nitro benzene ring substituents is 1. The first-order valence-corrected chi connectivity index (χ1v) is 6.66. The molecule has 0 unspecified atom stereocenters. The Morgan fingerprint density at radius 3 is 2.83 bits per heavy atom. The van der Waals surface area contributed by atoms with E-state index < -0.39 is 16.6 Å². The Morgan fingerprint density at radius 1 is 1.30 bits per heavy atom. The lowest BCUT2D eigenvalue weighted by Crippen LogP contribution is -2.13. The topological polar surface area (TPSA) is 101 Å². The number of aromatic amines is 1. The number of H-pyrrole nitrogens is 1. The van der Waals surface area contributed by atoms with Crippen LogP contribution in [0.1, 0.15) is 16.1 Å². The molecule has 3 aromatic rings. The minimum atomic E-state index is -0.578. The Morgan fingerprint density at radius 2 is 2.09 bits per heavy atom. The lowest BCUT2D eigenvalue weighted by molar-refractivity contribution is -0.384. The molecule has 23 heavy (non-hydrogen) atoms. The summed E-state index contributed by atoms with van der Waals surface area (Å²) >= 11 is 0. The van der Waals surface area contributed by atoms with Gasteiger partial charge in [-0.2, -0.15) is 5.10 Å². The average Bonchev–Trinajstić information content (AvgIpc) is 2.94. The van der Waals surface area contributed by atoms with Crippen molar-refractivity contribution in [2.75, 3.05) is 5.32 Å². The molecule has 116 valence electrons. The van der Waals surface area contributed by atoms with Crippen LogP contribution in [0.25, 0.3) is 10.9 Å². The molecule has 2 aromatic carbocycles. The van der Waals surface area contributed by atoms with Crippen molar-refractivity contribution in [3.63, 3.8) is 0 Å². The summed E-state index contributed by atoms with van der Waals surface area (Å²) in [7, 11) is 0. The summed E-state index contributed by atoms with van der Waals surface area (Å²) in [5.74, 6) is -1.06. The molecule has 0 saturated carbocycles. The number of hydrogen-bond donors (Lipinski definition) is 2. The molecule has 0 aliphatic rings. The number of amides is 1. The van der Waals surface area contributed by atoms with Gasteiger partial charge in [0.1, 0.15) is 5.82 Å². The second-order valence-corrected chi connectivity index (χ2v) is 4.97. The third-order valence-electron chi connectivity index (χ3n) is 3.42. The summed E-state index contributed by atoms with van der Waals surface area (Å²) in [4.78, 5) is 22.7. The first-order chi connectivity index (χ1) is 11.0. The number of nitrogens with one attached hydrogen (secondary N) is 2. The monoisotopic (exact) mass is 314 g/mol. The molecule has 0 aliphatic carbocycles. The molecule has 0 bridgehead atoms. The van der Waals surface area contributed by atoms with Gasteiger partial charge in [0.15, 0.2) is 5.69 Å². The number of aryl methyl sites for hydroxylation is 1. The van der Waals surface area contributed by atoms with Crippen LogP contribution in [-0.4, -0.2) is 21.0 Å². The number of anilines is 1. The molecule has 0 radical (unpaired) electrons. The van der Waals surface area contributed by atoms with Crippen LogP contribution >= 0.6 is 0 Å². The predicted octanol–water partition coefficient (Wildman–Crippen LogP) is 3.17. The maximum atomic E-state index is 13.3. The maximum Gasteiger partial charge on any atom is 0.276 e. The molecular weight excluding hydrogens is 303 g/mol. The van der Waals surface area contributed by atoms with Crippen molar-refractivity contribution in [2.24, 2.45) is 0 Å². The standard InChI is InChI=1S/C15H11FN4O3/c1-8-2-3-9(16)6-13(8)17-15(21)14-11-7-10(20(22)23)4-5-12(11)18-19-14/h2-7H,1H3,(H,17,21)(H,18,19). The molecule has 1 aromatic heterocycles. The Labute approximate surface area is 129 Å². The number of aromatic nitrogens is 2. The van der Waals surface area contributed by atoms with E-state index in [-0.39, 0.29) is 11.4 Å². The lowest BCUT2D eigenvalue weighted by Gasteiger charge is -2.07. The first kappa shape index (κ1) is 14.6. The third kappa shape index (κ3) is 2.73. The van der Waals surface area contributed by atoms with Gasteiger partial charge in [0.2, 0.25) is 0 Å². The fourth-order valence-corrected chi connectivity index (χ4v) is 2.20. The van der Waals surface area contributed by atoms with Gasteiger partial charge in [-0.15, -0.1) is 0 Å². The first-order valence-electron chi connectivity index (χ1n) is 6.66. The number of hydrogen-bond acceptors (Lipinski definition) is 4. The third-order valence-corrected chi connectivity index (χ3v) is 3.42. The summed E-state index contributed by atoms with van der Waals surface area (Å²) in [6.07, 6.45) is 0. The highest BCUT2D eigenvalue weighted by atomic mass is 19.1. The summed E-state index contributed by atoms with van der Waals surface area (Å²) in [6, 6.07) is 8.09. The quantitative estimate of drug-likeness (QED) is 0.572. The molecular formula is C15H11FN4O3. The van der Waals surface area contributed by atoms with Gasteiger partial charge >= 0.3 is 0 Å². The van der Waals surface area contributed by atoms with Crippen LogP contribution in [0, 0.1) is 22.9 Å². The van der Waals surface area contributed by atoms with E-state index in [2.05, 4.69) is 15.5 Å². The van der Waals surface area contributed by atoms with Crippen LogP contribution in [0.5, 0.6) is 0 Å². The van der Waals surface area contributed by atoms with Crippen LogP contribution < -0.4 is 5.32 Å². The summed E-state index contributed by atoms with van der Waals surface area (Å²) in [6.45, 7) is 1.72. The van der Waals surface area contributed by atoms with Gasteiger partial charge in [-0.05, 0) is 30.7 Å². The van der Waals surface area contributed by atoms with E-state index in [4.69, 9.17) is 0 Å². The highest BCUT2D eigenvalue weighted by Crippen LogP contribution is 2.23. The van der Waals surface area contributed by atoms with Gasteiger partial charge in [-0.3, -0.25) is 20.0 Å². The van der Waals surface area contributed by atoms with E-state index in [0.717, 1.165) is 0 Å². The Bertz CT molecular complexity index is 936. The number of carbonyl (C=O) groups is 1. The van der Waals surface area contributed by atoms with Crippen molar-refractivity contribution >= 4 is 28.2 Å². The van der Waals surface area contributed by atoms with Crippen LogP contribution in [0.2, 0.25) is 0 Å². The maximum absolute atomic E-state index is 13.3. The van der Waals surface area contributed by atoms with E-state index in [1.54, 1.807) is 13.0 Å². The predicted molar refractivity (Wildman–Crippen MR) is 81.8 cm³/mol. The van der Waals surface area contributed by atoms with Crippen LogP contribution in [0.4, 0.5) is 15.8 Å². The molecule has 0 aliphatic heterocycles. The van der Waals surface area contributed by atoms with Crippen molar-refractivity contribution < 1.29 is 14.1 Å². The summed E-state index contributed by atoms with van der Waals surface area (Å²) < 4.78 is 13.3. The smallest absolute Gasteiger partial charge is 0.276 e. The number of nitro groups is 1. The van der Waals surface area contributed by atoms with Gasteiger partial charge in [-0.1, -0.05) is 6.07 Å². The van der Waals surface area contributed by atoms with Crippen molar-refractivity contribution in [2.45, 2.75) is 6.92 Å². The summed E-state index contributed by atoms with van der Waals surface area (Å²) in [5, 5.41) is 20.3. The van der Waals surface area contributed by atoms with E-state index >= 15 is 0 Å². The second kappa shape index (κ2) is 5.48. The number of fused-ring (bicyclic) bond motifs is 1. The number of nitro benzene ring substituents is 1. The highest BCUT2D eigenvalue weighted by molar-refractivity contribution is 6.11. The number of halogens is 1. The number of nitrogens with zero attached hydrogens (tertiary/aromatic N) is 2. The van der Waals surface area contributed by atoms with Crippen LogP contribution in [0.15, 0.2) is 36.4 Å². The number of carbonyl (C=O) groups excluding carboxylic acids is 1. The molecule has 1 amide bonds. The highest BCUT2D eigenvalue weighted by Gasteiger charge is 2.18. The van der Waals surface area contributed by atoms with Crippen LogP contribution in [0.3, 0.4) is 0 Å². The average molecular weight is 314 g/mol. The molecule has 0 spiro atoms. The van der Waals surface area contributed by atoms with Gasteiger partial charge in [0.05, 0.1) is 10.4 Å². The molecule has 7 nitrogen and oxygen atoms in total. The second-order valence-electron chi connectivity index (χ2n) is 4.97. The Kier molecular flexibility index (Phi) is 3.49. The molecule has 0 atom stereocenters. The zero-order valence-corrected chi connectivity index (χ0v) is 12.0. The zero-order chi connectivity index (χ0) is 16.6. The molecule has 1 heterocycles. The SMILES string of the molecule is Cc1ccc(F)cc1NC(=O)c1n[nH]c2ccc([N+](=O)[O-])cc12. The zero-order valence-electron chi connectivity index (χ0n) is 12.0. The Hall–Kier alpha value is -3.29. The minimum Gasteiger partial charge on any atom is -0.320 e. The van der Waals surface area contributed by atoms with Gasteiger partial charge in [0, 0.05) is 23.2 Å². The fourth-order valence-electron chi connectivity index (χ4n) is 2.20. The normalized spacial score (nSPS) is 10.7. The summed E-state index contributed by atoms with van der Waals surface area (Å²) in [5.41, 5.74) is 1.36. The number of benzene rings is 2. The van der Waals surface area contributed by atoms with Gasteiger partial charge in [0.25, 0.3) is 11.6 Å². The van der Waals surface area contributed by atoms with Crippen molar-refractivity contribution in [3.05, 3.63) is 63.6 Å². The minimum absolute atomic E-state index is 0.00682. The van der Waals surface area contributed by atoms with E-state index in [1.165, 1.54) is 30.3 Å². The van der Waals surface area contributed by atoms with Gasteiger partial charge < -0.3 is 5.32 Å². The van der Waals surface area contributed by atoms with Crippen molar-refractivity contribution in [3.8, 4) is 0 Å². The van der Waals surface area contributed by atoms with Crippen LogP contribution in [-0.2, 0) is 0 Å². The van der Waals surface area contributed by atoms with Crippen molar-refractivity contribution in [1.29, 1.82) is 0 Å². The fraction of sp³-hybridized carbons (Fsp3) is 0.0667. The van der Waals surface area contributed by atoms with Gasteiger partial charge in [-0.25, -0.2) is 4.39 Å². The van der Waals surface area contributed by atoms with E-state index in [0.29, 0.717) is 22.2 Å². The molecule has 8 heteroatoms. The van der Waals surface area contributed by atoms with Crippen molar-refractivity contribution in [1.82, 2.24) is 10.2 Å².